The normalized spacial score (nSPS) is 10.0. The van der Waals surface area contributed by atoms with Gasteiger partial charge in [0.2, 0.25) is 0 Å². The maximum absolute atomic E-state index is 11.9. The minimum atomic E-state index is -0.615. The molecule has 108 valence electrons. The molecule has 0 bridgehead atoms. The zero-order valence-electron chi connectivity index (χ0n) is 11.4. The molecule has 0 saturated heterocycles. The first-order valence-electron chi connectivity index (χ1n) is 5.86. The van der Waals surface area contributed by atoms with Crippen molar-refractivity contribution in [1.82, 2.24) is 4.57 Å². The van der Waals surface area contributed by atoms with E-state index in [-0.39, 0.29) is 16.9 Å². The molecule has 2 rings (SSSR count). The van der Waals surface area contributed by atoms with Crippen molar-refractivity contribution >= 4 is 27.6 Å². The Bertz CT molecular complexity index is 747. The molecule has 0 spiro atoms. The van der Waals surface area contributed by atoms with Gasteiger partial charge in [-0.25, -0.2) is 4.79 Å². The number of hydrogen-bond acceptors (Lipinski definition) is 5. The molecule has 2 aromatic rings. The number of anilines is 1. The first kappa shape index (κ1) is 14.9. The van der Waals surface area contributed by atoms with Crippen LogP contribution in [-0.4, -0.2) is 24.8 Å². The molecule has 0 atom stereocenters. The summed E-state index contributed by atoms with van der Waals surface area (Å²) in [6, 6.07) is 7.21. The number of nitriles is 1. The van der Waals surface area contributed by atoms with Gasteiger partial charge in [0.15, 0.2) is 5.69 Å². The molecule has 6 nitrogen and oxygen atoms in total. The summed E-state index contributed by atoms with van der Waals surface area (Å²) in [5.41, 5.74) is 6.88. The monoisotopic (exact) mass is 349 g/mol. The van der Waals surface area contributed by atoms with E-state index in [4.69, 9.17) is 20.5 Å². The largest absolute Gasteiger partial charge is 0.495 e. The summed E-state index contributed by atoms with van der Waals surface area (Å²) in [4.78, 5) is 11.9. The van der Waals surface area contributed by atoms with Crippen molar-refractivity contribution < 1.29 is 14.3 Å². The van der Waals surface area contributed by atoms with Gasteiger partial charge < -0.3 is 19.8 Å². The molecule has 21 heavy (non-hydrogen) atoms. The topological polar surface area (TPSA) is 90.3 Å². The lowest BCUT2D eigenvalue weighted by Gasteiger charge is -2.10. The van der Waals surface area contributed by atoms with E-state index in [1.54, 1.807) is 18.2 Å². The van der Waals surface area contributed by atoms with E-state index in [9.17, 15) is 4.79 Å². The molecule has 0 fully saturated rings. The number of aromatic nitrogens is 1. The Morgan fingerprint density at radius 1 is 1.43 bits per heavy atom. The van der Waals surface area contributed by atoms with Gasteiger partial charge in [-0.3, -0.25) is 0 Å². The molecule has 0 radical (unpaired) electrons. The number of rotatable bonds is 3. The van der Waals surface area contributed by atoms with Crippen LogP contribution in [0.15, 0.2) is 28.9 Å². The maximum Gasteiger partial charge on any atom is 0.357 e. The molecule has 2 N–H and O–H groups in total. The van der Waals surface area contributed by atoms with Gasteiger partial charge in [-0.2, -0.15) is 5.26 Å². The maximum atomic E-state index is 11.9. The quantitative estimate of drug-likeness (QED) is 0.859. The lowest BCUT2D eigenvalue weighted by Crippen LogP contribution is -2.11. The van der Waals surface area contributed by atoms with Crippen molar-refractivity contribution in [3.63, 3.8) is 0 Å². The van der Waals surface area contributed by atoms with Crippen LogP contribution in [0.25, 0.3) is 5.69 Å². The summed E-state index contributed by atoms with van der Waals surface area (Å²) in [5.74, 6) is -0.0232. The summed E-state index contributed by atoms with van der Waals surface area (Å²) >= 11 is 3.35. The summed E-state index contributed by atoms with van der Waals surface area (Å²) < 4.78 is 12.2. The van der Waals surface area contributed by atoms with Crippen molar-refractivity contribution in [3.8, 4) is 17.5 Å². The predicted molar refractivity (Wildman–Crippen MR) is 80.5 cm³/mol. The van der Waals surface area contributed by atoms with Crippen molar-refractivity contribution in [2.24, 2.45) is 0 Å². The van der Waals surface area contributed by atoms with E-state index < -0.39 is 5.97 Å². The summed E-state index contributed by atoms with van der Waals surface area (Å²) in [7, 11) is 2.79. The number of carbonyl (C=O) groups is 1. The summed E-state index contributed by atoms with van der Waals surface area (Å²) in [6.45, 7) is 0. The van der Waals surface area contributed by atoms with Gasteiger partial charge in [-0.05, 0) is 28.1 Å². The highest BCUT2D eigenvalue weighted by Crippen LogP contribution is 2.30. The van der Waals surface area contributed by atoms with Crippen molar-refractivity contribution in [2.45, 2.75) is 0 Å². The Morgan fingerprint density at radius 3 is 2.71 bits per heavy atom. The molecule has 0 aliphatic carbocycles. The van der Waals surface area contributed by atoms with Crippen LogP contribution in [-0.2, 0) is 4.74 Å². The highest BCUT2D eigenvalue weighted by Gasteiger charge is 2.22. The first-order valence-corrected chi connectivity index (χ1v) is 6.66. The summed E-state index contributed by atoms with van der Waals surface area (Å²) in [6.07, 6.45) is 1.49. The van der Waals surface area contributed by atoms with E-state index in [1.165, 1.54) is 25.0 Å². The lowest BCUT2D eigenvalue weighted by atomic mass is 10.2. The number of nitrogens with two attached hydrogens (primary N) is 1. The number of nitrogen functional groups attached to an aromatic ring is 1. The van der Waals surface area contributed by atoms with Gasteiger partial charge in [0.05, 0.1) is 29.9 Å². The minimum absolute atomic E-state index is 0.0891. The molecule has 0 amide bonds. The smallest absolute Gasteiger partial charge is 0.357 e. The number of methoxy groups -OCH3 is 2. The third-order valence-electron chi connectivity index (χ3n) is 2.96. The molecule has 1 aromatic carbocycles. The molecular weight excluding hydrogens is 338 g/mol. The zero-order valence-corrected chi connectivity index (χ0v) is 13.0. The molecule has 0 aliphatic rings. The SMILES string of the molecule is COC(=O)c1c(N)c(C#N)cn1-c1ccc(Br)c(OC)c1. The van der Waals surface area contributed by atoms with Crippen LogP contribution in [0.5, 0.6) is 5.75 Å². The number of ether oxygens (including phenoxy) is 2. The number of esters is 1. The first-order chi connectivity index (χ1) is 10.0. The van der Waals surface area contributed by atoms with Gasteiger partial charge >= 0.3 is 5.97 Å². The third kappa shape index (κ3) is 2.58. The average molecular weight is 350 g/mol. The Kier molecular flexibility index (Phi) is 4.19. The molecule has 7 heteroatoms. The molecule has 1 heterocycles. The Labute approximate surface area is 129 Å². The lowest BCUT2D eigenvalue weighted by molar-refractivity contribution is 0.0593. The molecule has 0 saturated carbocycles. The number of benzene rings is 1. The van der Waals surface area contributed by atoms with E-state index in [0.717, 1.165) is 4.47 Å². The Morgan fingerprint density at radius 2 is 2.14 bits per heavy atom. The van der Waals surface area contributed by atoms with Gasteiger partial charge in [-0.1, -0.05) is 0 Å². The van der Waals surface area contributed by atoms with Gasteiger partial charge in [0.1, 0.15) is 11.8 Å². The van der Waals surface area contributed by atoms with Crippen LogP contribution >= 0.6 is 15.9 Å². The fourth-order valence-electron chi connectivity index (χ4n) is 1.92. The van der Waals surface area contributed by atoms with E-state index in [0.29, 0.717) is 11.4 Å². The fraction of sp³-hybridized carbons (Fsp3) is 0.143. The van der Waals surface area contributed by atoms with Crippen LogP contribution < -0.4 is 10.5 Å². The second kappa shape index (κ2) is 5.89. The molecule has 0 unspecified atom stereocenters. The predicted octanol–water partition coefficient (Wildman–Crippen LogP) is 2.49. The Balaban J connectivity index is 2.69. The molecule has 0 aliphatic heterocycles. The van der Waals surface area contributed by atoms with E-state index in [1.807, 2.05) is 6.07 Å². The standard InChI is InChI=1S/C14H12BrN3O3/c1-20-11-5-9(3-4-10(11)15)18-7-8(6-16)12(17)13(18)14(19)21-2/h3-5,7H,17H2,1-2H3. The second-order valence-corrected chi connectivity index (χ2v) is 4.95. The van der Waals surface area contributed by atoms with E-state index >= 15 is 0 Å². The van der Waals surface area contributed by atoms with Crippen molar-refractivity contribution in [1.29, 1.82) is 5.26 Å². The van der Waals surface area contributed by atoms with Crippen LogP contribution in [0.1, 0.15) is 16.1 Å². The van der Waals surface area contributed by atoms with Gasteiger partial charge in [-0.15, -0.1) is 0 Å². The third-order valence-corrected chi connectivity index (χ3v) is 3.61. The Hall–Kier alpha value is -2.46. The highest BCUT2D eigenvalue weighted by molar-refractivity contribution is 9.10. The number of nitrogens with zero attached hydrogens (tertiary/aromatic N) is 2. The highest BCUT2D eigenvalue weighted by atomic mass is 79.9. The van der Waals surface area contributed by atoms with Crippen molar-refractivity contribution in [3.05, 3.63) is 40.1 Å². The molecule has 1 aromatic heterocycles. The van der Waals surface area contributed by atoms with Gasteiger partial charge in [0, 0.05) is 18.0 Å². The average Bonchev–Trinajstić information content (AvgIpc) is 2.83. The molecular formula is C14H12BrN3O3. The van der Waals surface area contributed by atoms with Crippen molar-refractivity contribution in [2.75, 3.05) is 20.0 Å². The van der Waals surface area contributed by atoms with Crippen LogP contribution in [0.2, 0.25) is 0 Å². The van der Waals surface area contributed by atoms with Gasteiger partial charge in [0.25, 0.3) is 0 Å². The zero-order chi connectivity index (χ0) is 15.6. The van der Waals surface area contributed by atoms with E-state index in [2.05, 4.69) is 15.9 Å². The number of halogens is 1. The summed E-state index contributed by atoms with van der Waals surface area (Å²) in [5, 5.41) is 9.07. The number of hydrogen-bond donors (Lipinski definition) is 1. The van der Waals surface area contributed by atoms with Crippen LogP contribution in [0.3, 0.4) is 0 Å². The van der Waals surface area contributed by atoms with Crippen LogP contribution in [0.4, 0.5) is 5.69 Å². The minimum Gasteiger partial charge on any atom is -0.495 e. The van der Waals surface area contributed by atoms with Crippen LogP contribution in [0, 0.1) is 11.3 Å². The fourth-order valence-corrected chi connectivity index (χ4v) is 2.33. The second-order valence-electron chi connectivity index (χ2n) is 4.10. The number of carbonyl (C=O) groups excluding carboxylic acids is 1.